The number of aromatic nitrogens is 3. The molecule has 0 saturated heterocycles. The zero-order chi connectivity index (χ0) is 15.5. The zero-order valence-corrected chi connectivity index (χ0v) is 12.8. The van der Waals surface area contributed by atoms with Crippen LogP contribution in [0, 0.1) is 0 Å². The third kappa shape index (κ3) is 2.67. The van der Waals surface area contributed by atoms with E-state index in [1.165, 1.54) is 10.1 Å². The molecule has 0 spiro atoms. The van der Waals surface area contributed by atoms with Crippen LogP contribution in [0.4, 0.5) is 0 Å². The number of nitrogens with one attached hydrogen (secondary N) is 1. The molecule has 0 fully saturated rings. The van der Waals surface area contributed by atoms with Crippen LogP contribution in [-0.4, -0.2) is 21.2 Å². The summed E-state index contributed by atoms with van der Waals surface area (Å²) < 4.78 is 6.87. The molecular formula is C17H19N3O2. The summed E-state index contributed by atoms with van der Waals surface area (Å²) in [6, 6.07) is 9.70. The van der Waals surface area contributed by atoms with Crippen LogP contribution in [0.1, 0.15) is 25.0 Å². The summed E-state index contributed by atoms with van der Waals surface area (Å²) in [5, 5.41) is 2.92. The van der Waals surface area contributed by atoms with E-state index in [0.29, 0.717) is 24.6 Å². The first-order valence-electron chi connectivity index (χ1n) is 7.50. The van der Waals surface area contributed by atoms with Crippen molar-refractivity contribution >= 4 is 5.65 Å². The lowest BCUT2D eigenvalue weighted by Gasteiger charge is -2.04. The van der Waals surface area contributed by atoms with Gasteiger partial charge in [0.1, 0.15) is 0 Å². The van der Waals surface area contributed by atoms with Gasteiger partial charge >= 0.3 is 0 Å². The third-order valence-electron chi connectivity index (χ3n) is 3.69. The number of aryl methyl sites for hydroxylation is 1. The first kappa shape index (κ1) is 14.5. The van der Waals surface area contributed by atoms with Gasteiger partial charge in [0.05, 0.1) is 12.3 Å². The van der Waals surface area contributed by atoms with Crippen molar-refractivity contribution in [1.82, 2.24) is 14.6 Å². The van der Waals surface area contributed by atoms with Gasteiger partial charge in [0.15, 0.2) is 5.65 Å². The number of benzene rings is 1. The molecule has 0 amide bonds. The summed E-state index contributed by atoms with van der Waals surface area (Å²) in [4.78, 5) is 16.9. The Morgan fingerprint density at radius 3 is 2.68 bits per heavy atom. The summed E-state index contributed by atoms with van der Waals surface area (Å²) in [5.41, 5.74) is 4.27. The van der Waals surface area contributed by atoms with Gasteiger partial charge in [-0.05, 0) is 18.9 Å². The summed E-state index contributed by atoms with van der Waals surface area (Å²) in [6.45, 7) is 5.12. The van der Waals surface area contributed by atoms with Crippen LogP contribution < -0.4 is 5.56 Å². The SMILES string of the molecule is CCOCc1c[nH]n2c(=O)cc(-c3ccc(CC)cc3)nc12. The van der Waals surface area contributed by atoms with Crippen molar-refractivity contribution in [1.29, 1.82) is 0 Å². The van der Waals surface area contributed by atoms with E-state index in [-0.39, 0.29) is 5.56 Å². The molecular weight excluding hydrogens is 278 g/mol. The third-order valence-corrected chi connectivity index (χ3v) is 3.69. The van der Waals surface area contributed by atoms with E-state index in [1.807, 2.05) is 19.1 Å². The highest BCUT2D eigenvalue weighted by atomic mass is 16.5. The lowest BCUT2D eigenvalue weighted by Crippen LogP contribution is -2.14. The van der Waals surface area contributed by atoms with E-state index in [1.54, 1.807) is 12.3 Å². The van der Waals surface area contributed by atoms with Crippen molar-refractivity contribution in [3.05, 3.63) is 58.0 Å². The summed E-state index contributed by atoms with van der Waals surface area (Å²) in [5.74, 6) is 0. The van der Waals surface area contributed by atoms with Crippen LogP contribution in [0.2, 0.25) is 0 Å². The Kier molecular flexibility index (Phi) is 4.06. The van der Waals surface area contributed by atoms with Gasteiger partial charge in [-0.1, -0.05) is 31.2 Å². The second kappa shape index (κ2) is 6.15. The van der Waals surface area contributed by atoms with Crippen molar-refractivity contribution in [2.75, 3.05) is 6.61 Å². The average molecular weight is 297 g/mol. The minimum Gasteiger partial charge on any atom is -0.377 e. The minimum absolute atomic E-state index is 0.123. The molecule has 2 aromatic heterocycles. The molecule has 22 heavy (non-hydrogen) atoms. The van der Waals surface area contributed by atoms with Gasteiger partial charge in [-0.2, -0.15) is 0 Å². The van der Waals surface area contributed by atoms with E-state index in [9.17, 15) is 4.79 Å². The van der Waals surface area contributed by atoms with Gasteiger partial charge < -0.3 is 4.74 Å². The Morgan fingerprint density at radius 1 is 1.23 bits per heavy atom. The van der Waals surface area contributed by atoms with E-state index in [0.717, 1.165) is 17.5 Å². The highest BCUT2D eigenvalue weighted by Crippen LogP contribution is 2.18. The second-order valence-electron chi connectivity index (χ2n) is 5.12. The summed E-state index contributed by atoms with van der Waals surface area (Å²) in [7, 11) is 0. The van der Waals surface area contributed by atoms with E-state index >= 15 is 0 Å². The number of nitrogens with zero attached hydrogens (tertiary/aromatic N) is 2. The molecule has 0 aliphatic carbocycles. The van der Waals surface area contributed by atoms with E-state index < -0.39 is 0 Å². The molecule has 3 rings (SSSR count). The molecule has 0 saturated carbocycles. The average Bonchev–Trinajstić information content (AvgIpc) is 2.96. The van der Waals surface area contributed by atoms with Crippen LogP contribution in [0.5, 0.6) is 0 Å². The molecule has 0 radical (unpaired) electrons. The number of fused-ring (bicyclic) bond motifs is 1. The van der Waals surface area contributed by atoms with Gasteiger partial charge in [-0.3, -0.25) is 9.89 Å². The van der Waals surface area contributed by atoms with Crippen LogP contribution in [0.15, 0.2) is 41.3 Å². The molecule has 1 aromatic carbocycles. The first-order valence-corrected chi connectivity index (χ1v) is 7.50. The number of hydrogen-bond acceptors (Lipinski definition) is 3. The van der Waals surface area contributed by atoms with Crippen molar-refractivity contribution < 1.29 is 4.74 Å². The standard InChI is InChI=1S/C17H19N3O2/c1-3-12-5-7-13(8-6-12)15-9-16(21)20-17(19-15)14(10-18-20)11-22-4-2/h5-10,18H,3-4,11H2,1-2H3. The minimum atomic E-state index is -0.123. The zero-order valence-electron chi connectivity index (χ0n) is 12.8. The molecule has 0 unspecified atom stereocenters. The maximum absolute atomic E-state index is 12.2. The van der Waals surface area contributed by atoms with Crippen molar-refractivity contribution in [3.8, 4) is 11.3 Å². The topological polar surface area (TPSA) is 59.4 Å². The summed E-state index contributed by atoms with van der Waals surface area (Å²) in [6.07, 6.45) is 2.76. The molecule has 5 nitrogen and oxygen atoms in total. The molecule has 0 bridgehead atoms. The predicted octanol–water partition coefficient (Wildman–Crippen LogP) is 2.79. The number of aromatic amines is 1. The van der Waals surface area contributed by atoms with Crippen molar-refractivity contribution in [3.63, 3.8) is 0 Å². The maximum Gasteiger partial charge on any atom is 0.273 e. The Balaban J connectivity index is 2.07. The molecule has 114 valence electrons. The van der Waals surface area contributed by atoms with E-state index in [4.69, 9.17) is 4.74 Å². The monoisotopic (exact) mass is 297 g/mol. The highest BCUT2D eigenvalue weighted by Gasteiger charge is 2.10. The number of hydrogen-bond donors (Lipinski definition) is 1. The Morgan fingerprint density at radius 2 is 2.00 bits per heavy atom. The van der Waals surface area contributed by atoms with Crippen LogP contribution >= 0.6 is 0 Å². The molecule has 0 atom stereocenters. The normalized spacial score (nSPS) is 11.2. The number of H-pyrrole nitrogens is 1. The lowest BCUT2D eigenvalue weighted by molar-refractivity contribution is 0.135. The van der Waals surface area contributed by atoms with Gasteiger partial charge in [0.25, 0.3) is 5.56 Å². The largest absolute Gasteiger partial charge is 0.377 e. The van der Waals surface area contributed by atoms with Gasteiger partial charge in [-0.15, -0.1) is 0 Å². The Bertz CT molecular complexity index is 831. The fourth-order valence-corrected chi connectivity index (χ4v) is 2.41. The molecule has 0 aliphatic rings. The Labute approximate surface area is 128 Å². The van der Waals surface area contributed by atoms with Gasteiger partial charge in [0.2, 0.25) is 0 Å². The van der Waals surface area contributed by atoms with Crippen LogP contribution in [-0.2, 0) is 17.8 Å². The Hall–Kier alpha value is -2.40. The van der Waals surface area contributed by atoms with E-state index in [2.05, 4.69) is 29.1 Å². The molecule has 1 N–H and O–H groups in total. The summed E-state index contributed by atoms with van der Waals surface area (Å²) >= 11 is 0. The first-order chi connectivity index (χ1) is 10.7. The molecule has 5 heteroatoms. The van der Waals surface area contributed by atoms with Crippen LogP contribution in [0.3, 0.4) is 0 Å². The van der Waals surface area contributed by atoms with Gasteiger partial charge in [-0.25, -0.2) is 9.50 Å². The molecule has 3 aromatic rings. The maximum atomic E-state index is 12.2. The highest BCUT2D eigenvalue weighted by molar-refractivity contribution is 5.62. The number of rotatable bonds is 5. The quantitative estimate of drug-likeness (QED) is 0.787. The fourth-order valence-electron chi connectivity index (χ4n) is 2.41. The van der Waals surface area contributed by atoms with Crippen molar-refractivity contribution in [2.24, 2.45) is 0 Å². The fraction of sp³-hybridized carbons (Fsp3) is 0.294. The van der Waals surface area contributed by atoms with Crippen molar-refractivity contribution in [2.45, 2.75) is 26.9 Å². The molecule has 2 heterocycles. The lowest BCUT2D eigenvalue weighted by atomic mass is 10.1. The predicted molar refractivity (Wildman–Crippen MR) is 86.0 cm³/mol. The van der Waals surface area contributed by atoms with Gasteiger partial charge in [0, 0.05) is 30.0 Å². The second-order valence-corrected chi connectivity index (χ2v) is 5.12. The number of ether oxygens (including phenoxy) is 1. The molecule has 0 aliphatic heterocycles. The smallest absolute Gasteiger partial charge is 0.273 e. The van der Waals surface area contributed by atoms with Crippen LogP contribution in [0.25, 0.3) is 16.9 Å².